The fourth-order valence-corrected chi connectivity index (χ4v) is 3.85. The molecule has 0 saturated heterocycles. The van der Waals surface area contributed by atoms with E-state index in [9.17, 15) is 0 Å². The molecule has 0 amide bonds. The average Bonchev–Trinajstić information content (AvgIpc) is 2.16. The Morgan fingerprint density at radius 3 is 2.28 bits per heavy atom. The van der Waals surface area contributed by atoms with E-state index < -0.39 is 0 Å². The molecule has 0 bridgehead atoms. The molecule has 0 atom stereocenters. The van der Waals surface area contributed by atoms with E-state index in [-0.39, 0.29) is 0 Å². The molecule has 0 aliphatic heterocycles. The van der Waals surface area contributed by atoms with Crippen LogP contribution in [-0.2, 0) is 0 Å². The predicted octanol–water partition coefficient (Wildman–Crippen LogP) is 4.86. The fourth-order valence-electron chi connectivity index (χ4n) is 3.62. The lowest BCUT2D eigenvalue weighted by Gasteiger charge is -2.45. The number of nitrogens with zero attached hydrogens (tertiary/aromatic N) is 1. The SMILES string of the molecule is CC1(C)CC(Nc2ccc(Br)cn2)CC(C)(C)C1. The van der Waals surface area contributed by atoms with Crippen LogP contribution in [-0.4, -0.2) is 11.0 Å². The minimum atomic E-state index is 0.411. The maximum Gasteiger partial charge on any atom is 0.126 e. The van der Waals surface area contributed by atoms with Crippen LogP contribution in [0.5, 0.6) is 0 Å². The third kappa shape index (κ3) is 3.71. The second-order valence-corrected chi connectivity index (χ2v) is 8.03. The maximum absolute atomic E-state index is 4.41. The van der Waals surface area contributed by atoms with Gasteiger partial charge in [-0.1, -0.05) is 27.7 Å². The van der Waals surface area contributed by atoms with Crippen LogP contribution in [0, 0.1) is 10.8 Å². The molecule has 100 valence electrons. The molecule has 1 aromatic rings. The van der Waals surface area contributed by atoms with E-state index in [2.05, 4.69) is 53.9 Å². The number of nitrogens with one attached hydrogen (secondary N) is 1. The van der Waals surface area contributed by atoms with Crippen molar-refractivity contribution in [2.45, 2.75) is 53.0 Å². The van der Waals surface area contributed by atoms with Gasteiger partial charge in [0.05, 0.1) is 0 Å². The molecule has 1 aliphatic rings. The van der Waals surface area contributed by atoms with Crippen LogP contribution in [0.2, 0.25) is 0 Å². The molecule has 1 saturated carbocycles. The van der Waals surface area contributed by atoms with Crippen molar-refractivity contribution in [3.05, 3.63) is 22.8 Å². The van der Waals surface area contributed by atoms with E-state index in [1.165, 1.54) is 19.3 Å². The minimum absolute atomic E-state index is 0.411. The molecular formula is C15H23BrN2. The van der Waals surface area contributed by atoms with Gasteiger partial charge in [0, 0.05) is 16.7 Å². The monoisotopic (exact) mass is 310 g/mol. The van der Waals surface area contributed by atoms with Crippen molar-refractivity contribution in [1.82, 2.24) is 4.98 Å². The van der Waals surface area contributed by atoms with Crippen LogP contribution in [0.15, 0.2) is 22.8 Å². The normalized spacial score (nSPS) is 22.7. The predicted molar refractivity (Wildman–Crippen MR) is 80.8 cm³/mol. The summed E-state index contributed by atoms with van der Waals surface area (Å²) in [4.78, 5) is 4.41. The molecule has 1 aliphatic carbocycles. The lowest BCUT2D eigenvalue weighted by molar-refractivity contribution is 0.105. The first-order valence-corrected chi connectivity index (χ1v) is 7.43. The van der Waals surface area contributed by atoms with Crippen LogP contribution >= 0.6 is 15.9 Å². The molecule has 2 rings (SSSR count). The molecule has 0 unspecified atom stereocenters. The van der Waals surface area contributed by atoms with Gasteiger partial charge in [-0.3, -0.25) is 0 Å². The Bertz CT molecular complexity index is 393. The first-order valence-electron chi connectivity index (χ1n) is 6.64. The third-order valence-electron chi connectivity index (χ3n) is 3.63. The van der Waals surface area contributed by atoms with Crippen LogP contribution < -0.4 is 5.32 Å². The third-order valence-corrected chi connectivity index (χ3v) is 4.10. The highest BCUT2D eigenvalue weighted by atomic mass is 79.9. The number of halogens is 1. The Morgan fingerprint density at radius 2 is 1.78 bits per heavy atom. The van der Waals surface area contributed by atoms with Gasteiger partial charge in [0.2, 0.25) is 0 Å². The van der Waals surface area contributed by atoms with Crippen molar-refractivity contribution in [3.63, 3.8) is 0 Å². The fraction of sp³-hybridized carbons (Fsp3) is 0.667. The van der Waals surface area contributed by atoms with Gasteiger partial charge < -0.3 is 5.32 Å². The van der Waals surface area contributed by atoms with Gasteiger partial charge in [-0.05, 0) is 58.2 Å². The molecule has 3 heteroatoms. The molecule has 0 spiro atoms. The van der Waals surface area contributed by atoms with Crippen LogP contribution in [0.1, 0.15) is 47.0 Å². The molecule has 2 nitrogen and oxygen atoms in total. The lowest BCUT2D eigenvalue weighted by Crippen LogP contribution is -2.40. The van der Waals surface area contributed by atoms with E-state index in [0.29, 0.717) is 16.9 Å². The topological polar surface area (TPSA) is 24.9 Å². The first kappa shape index (κ1) is 13.9. The molecule has 0 radical (unpaired) electrons. The van der Waals surface area contributed by atoms with Gasteiger partial charge in [0.25, 0.3) is 0 Å². The quantitative estimate of drug-likeness (QED) is 0.843. The van der Waals surface area contributed by atoms with Crippen LogP contribution in [0.25, 0.3) is 0 Å². The number of aromatic nitrogens is 1. The highest BCUT2D eigenvalue weighted by molar-refractivity contribution is 9.10. The summed E-state index contributed by atoms with van der Waals surface area (Å²) in [6.45, 7) is 9.49. The Hall–Kier alpha value is -0.570. The van der Waals surface area contributed by atoms with Gasteiger partial charge in [-0.15, -0.1) is 0 Å². The zero-order valence-electron chi connectivity index (χ0n) is 11.8. The summed E-state index contributed by atoms with van der Waals surface area (Å²) in [6.07, 6.45) is 5.58. The number of hydrogen-bond donors (Lipinski definition) is 1. The molecule has 0 aromatic carbocycles. The Kier molecular flexibility index (Phi) is 3.72. The number of pyridine rings is 1. The average molecular weight is 311 g/mol. The van der Waals surface area contributed by atoms with Gasteiger partial charge in [0.1, 0.15) is 5.82 Å². The minimum Gasteiger partial charge on any atom is -0.367 e. The second-order valence-electron chi connectivity index (χ2n) is 7.12. The summed E-state index contributed by atoms with van der Waals surface area (Å²) in [5.74, 6) is 0.983. The van der Waals surface area contributed by atoms with Gasteiger partial charge in [-0.25, -0.2) is 4.98 Å². The van der Waals surface area contributed by atoms with Crippen molar-refractivity contribution in [2.24, 2.45) is 10.8 Å². The van der Waals surface area contributed by atoms with Crippen molar-refractivity contribution in [3.8, 4) is 0 Å². The number of hydrogen-bond acceptors (Lipinski definition) is 2. The highest BCUT2D eigenvalue weighted by Crippen LogP contribution is 2.46. The van der Waals surface area contributed by atoms with Crippen molar-refractivity contribution in [2.75, 3.05) is 5.32 Å². The standard InChI is InChI=1S/C15H23BrN2/c1-14(2)7-12(8-15(3,4)10-14)18-13-6-5-11(16)9-17-13/h5-6,9,12H,7-8,10H2,1-4H3,(H,17,18). The first-order chi connectivity index (χ1) is 8.26. The van der Waals surface area contributed by atoms with E-state index in [1.807, 2.05) is 18.3 Å². The molecule has 18 heavy (non-hydrogen) atoms. The molecule has 1 N–H and O–H groups in total. The largest absolute Gasteiger partial charge is 0.367 e. The van der Waals surface area contributed by atoms with Crippen molar-refractivity contribution < 1.29 is 0 Å². The lowest BCUT2D eigenvalue weighted by atomic mass is 9.63. The van der Waals surface area contributed by atoms with E-state index in [1.54, 1.807) is 0 Å². The smallest absolute Gasteiger partial charge is 0.126 e. The van der Waals surface area contributed by atoms with Gasteiger partial charge in [0.15, 0.2) is 0 Å². The molecule has 1 heterocycles. The zero-order valence-corrected chi connectivity index (χ0v) is 13.3. The summed E-state index contributed by atoms with van der Waals surface area (Å²) in [6, 6.07) is 4.60. The summed E-state index contributed by atoms with van der Waals surface area (Å²) >= 11 is 3.42. The Labute approximate surface area is 119 Å². The zero-order chi connectivity index (χ0) is 13.4. The Morgan fingerprint density at radius 1 is 1.17 bits per heavy atom. The van der Waals surface area contributed by atoms with Crippen molar-refractivity contribution >= 4 is 21.7 Å². The van der Waals surface area contributed by atoms with Crippen LogP contribution in [0.3, 0.4) is 0 Å². The number of rotatable bonds is 2. The summed E-state index contributed by atoms with van der Waals surface area (Å²) in [7, 11) is 0. The summed E-state index contributed by atoms with van der Waals surface area (Å²) in [5, 5.41) is 3.59. The Balaban J connectivity index is 2.07. The summed E-state index contributed by atoms with van der Waals surface area (Å²) < 4.78 is 1.03. The summed E-state index contributed by atoms with van der Waals surface area (Å²) in [5.41, 5.74) is 0.823. The molecule has 1 aromatic heterocycles. The molecular weight excluding hydrogens is 288 g/mol. The van der Waals surface area contributed by atoms with Gasteiger partial charge in [-0.2, -0.15) is 0 Å². The van der Waals surface area contributed by atoms with E-state index >= 15 is 0 Å². The maximum atomic E-state index is 4.41. The van der Waals surface area contributed by atoms with Gasteiger partial charge >= 0.3 is 0 Å². The van der Waals surface area contributed by atoms with Crippen LogP contribution in [0.4, 0.5) is 5.82 Å². The second kappa shape index (κ2) is 4.84. The van der Waals surface area contributed by atoms with E-state index in [4.69, 9.17) is 0 Å². The van der Waals surface area contributed by atoms with Crippen molar-refractivity contribution in [1.29, 1.82) is 0 Å². The number of anilines is 1. The van der Waals surface area contributed by atoms with E-state index in [0.717, 1.165) is 10.3 Å². The molecule has 1 fully saturated rings. The highest BCUT2D eigenvalue weighted by Gasteiger charge is 2.38.